The van der Waals surface area contributed by atoms with Gasteiger partial charge >= 0.3 is 0 Å². The SMILES string of the molecule is Cc1ccc(CCC(Br)C2CC2)cc1Cl. The molecule has 0 bridgehead atoms. The predicted octanol–water partition coefficient (Wildman–Crippen LogP) is 4.75. The first-order chi connectivity index (χ1) is 7.16. The van der Waals surface area contributed by atoms with Gasteiger partial charge in [0, 0.05) is 9.85 Å². The minimum atomic E-state index is 0.706. The number of aryl methyl sites for hydroxylation is 2. The summed E-state index contributed by atoms with van der Waals surface area (Å²) in [5, 5.41) is 0.894. The molecule has 1 fully saturated rings. The number of alkyl halides is 1. The van der Waals surface area contributed by atoms with Crippen molar-refractivity contribution < 1.29 is 0 Å². The quantitative estimate of drug-likeness (QED) is 0.701. The van der Waals surface area contributed by atoms with Crippen molar-refractivity contribution in [2.24, 2.45) is 5.92 Å². The molecule has 0 amide bonds. The van der Waals surface area contributed by atoms with Gasteiger partial charge in [0.05, 0.1) is 0 Å². The van der Waals surface area contributed by atoms with Crippen LogP contribution in [-0.4, -0.2) is 4.83 Å². The van der Waals surface area contributed by atoms with Gasteiger partial charge in [0.25, 0.3) is 0 Å². The predicted molar refractivity (Wildman–Crippen MR) is 69.9 cm³/mol. The minimum absolute atomic E-state index is 0.706. The highest BCUT2D eigenvalue weighted by Crippen LogP contribution is 2.38. The molecule has 0 aromatic heterocycles. The minimum Gasteiger partial charge on any atom is -0.0888 e. The van der Waals surface area contributed by atoms with Crippen LogP contribution < -0.4 is 0 Å². The summed E-state index contributed by atoms with van der Waals surface area (Å²) in [5.41, 5.74) is 2.52. The number of halogens is 2. The fourth-order valence-corrected chi connectivity index (χ4v) is 2.75. The van der Waals surface area contributed by atoms with Crippen LogP contribution in [0.25, 0.3) is 0 Å². The highest BCUT2D eigenvalue weighted by molar-refractivity contribution is 9.09. The summed E-state index contributed by atoms with van der Waals surface area (Å²) in [6.07, 6.45) is 5.17. The van der Waals surface area contributed by atoms with Gasteiger partial charge in [0.1, 0.15) is 0 Å². The van der Waals surface area contributed by atoms with Crippen LogP contribution in [0.5, 0.6) is 0 Å². The molecule has 1 atom stereocenters. The second-order valence-electron chi connectivity index (χ2n) is 4.48. The molecule has 1 aromatic carbocycles. The summed E-state index contributed by atoms with van der Waals surface area (Å²) in [5.74, 6) is 0.936. The summed E-state index contributed by atoms with van der Waals surface area (Å²) >= 11 is 9.85. The maximum Gasteiger partial charge on any atom is 0.0437 e. The highest BCUT2D eigenvalue weighted by Gasteiger charge is 2.28. The van der Waals surface area contributed by atoms with Crippen LogP contribution >= 0.6 is 27.5 Å². The largest absolute Gasteiger partial charge is 0.0888 e. The van der Waals surface area contributed by atoms with Gasteiger partial charge in [-0.3, -0.25) is 0 Å². The summed E-state index contributed by atoms with van der Waals surface area (Å²) < 4.78 is 0. The van der Waals surface area contributed by atoms with Gasteiger partial charge in [-0.15, -0.1) is 0 Å². The van der Waals surface area contributed by atoms with Crippen LogP contribution in [0.15, 0.2) is 18.2 Å². The molecule has 2 rings (SSSR count). The topological polar surface area (TPSA) is 0 Å². The van der Waals surface area contributed by atoms with Crippen molar-refractivity contribution in [3.8, 4) is 0 Å². The average Bonchev–Trinajstić information content (AvgIpc) is 3.03. The smallest absolute Gasteiger partial charge is 0.0437 e. The van der Waals surface area contributed by atoms with E-state index in [4.69, 9.17) is 11.6 Å². The Kier molecular flexibility index (Phi) is 3.73. The van der Waals surface area contributed by atoms with Gasteiger partial charge in [0.15, 0.2) is 0 Å². The van der Waals surface area contributed by atoms with Crippen LogP contribution in [0.3, 0.4) is 0 Å². The lowest BCUT2D eigenvalue weighted by atomic mass is 10.1. The first kappa shape index (κ1) is 11.5. The molecule has 82 valence electrons. The summed E-state index contributed by atoms with van der Waals surface area (Å²) in [7, 11) is 0. The van der Waals surface area contributed by atoms with Gasteiger partial charge in [-0.25, -0.2) is 0 Å². The maximum atomic E-state index is 6.09. The Hall–Kier alpha value is -0.0100. The van der Waals surface area contributed by atoms with Crippen LogP contribution in [0, 0.1) is 12.8 Å². The second kappa shape index (κ2) is 4.88. The molecule has 0 N–H and O–H groups in total. The van der Waals surface area contributed by atoms with Crippen molar-refractivity contribution in [3.63, 3.8) is 0 Å². The van der Waals surface area contributed by atoms with Crippen molar-refractivity contribution in [2.75, 3.05) is 0 Å². The Morgan fingerprint density at radius 3 is 2.80 bits per heavy atom. The molecule has 0 saturated heterocycles. The third kappa shape index (κ3) is 3.22. The maximum absolute atomic E-state index is 6.09. The molecule has 1 aliphatic rings. The molecular formula is C13H16BrCl. The van der Waals surface area contributed by atoms with Crippen molar-refractivity contribution in [1.29, 1.82) is 0 Å². The van der Waals surface area contributed by atoms with Gasteiger partial charge in [0.2, 0.25) is 0 Å². The third-order valence-corrected chi connectivity index (χ3v) is 4.69. The first-order valence-corrected chi connectivity index (χ1v) is 6.85. The summed E-state index contributed by atoms with van der Waals surface area (Å²) in [6, 6.07) is 6.40. The zero-order valence-electron chi connectivity index (χ0n) is 8.97. The average molecular weight is 288 g/mol. The van der Waals surface area contributed by atoms with Crippen LogP contribution in [0.2, 0.25) is 5.02 Å². The van der Waals surface area contributed by atoms with Crippen molar-refractivity contribution in [3.05, 3.63) is 34.3 Å². The van der Waals surface area contributed by atoms with E-state index in [9.17, 15) is 0 Å². The van der Waals surface area contributed by atoms with E-state index in [2.05, 4.69) is 34.1 Å². The molecule has 1 aromatic rings. The number of hydrogen-bond acceptors (Lipinski definition) is 0. The van der Waals surface area contributed by atoms with E-state index >= 15 is 0 Å². The fourth-order valence-electron chi connectivity index (χ4n) is 1.79. The van der Waals surface area contributed by atoms with Gasteiger partial charge in [-0.2, -0.15) is 0 Å². The molecule has 0 nitrogen and oxygen atoms in total. The Bertz CT molecular complexity index is 344. The molecule has 1 saturated carbocycles. The van der Waals surface area contributed by atoms with Crippen molar-refractivity contribution in [2.45, 2.75) is 37.4 Å². The molecule has 2 heteroatoms. The van der Waals surface area contributed by atoms with Crippen LogP contribution in [0.4, 0.5) is 0 Å². The van der Waals surface area contributed by atoms with E-state index in [-0.39, 0.29) is 0 Å². The Morgan fingerprint density at radius 2 is 2.20 bits per heavy atom. The zero-order chi connectivity index (χ0) is 10.8. The number of rotatable bonds is 4. The van der Waals surface area contributed by atoms with Crippen LogP contribution in [0.1, 0.15) is 30.4 Å². The Labute approximate surface area is 105 Å². The molecule has 0 spiro atoms. The summed E-state index contributed by atoms with van der Waals surface area (Å²) in [6.45, 7) is 2.05. The van der Waals surface area contributed by atoms with E-state index in [0.717, 1.165) is 22.9 Å². The van der Waals surface area contributed by atoms with Gasteiger partial charge < -0.3 is 0 Å². The van der Waals surface area contributed by atoms with Crippen LogP contribution in [-0.2, 0) is 6.42 Å². The molecule has 1 unspecified atom stereocenters. The molecule has 15 heavy (non-hydrogen) atoms. The molecule has 0 aliphatic heterocycles. The normalized spacial score (nSPS) is 17.8. The van der Waals surface area contributed by atoms with E-state index in [1.54, 1.807) is 0 Å². The van der Waals surface area contributed by atoms with E-state index < -0.39 is 0 Å². The molecule has 0 radical (unpaired) electrons. The number of benzene rings is 1. The van der Waals surface area contributed by atoms with Gasteiger partial charge in [-0.05, 0) is 55.7 Å². The van der Waals surface area contributed by atoms with E-state index in [1.165, 1.54) is 24.8 Å². The van der Waals surface area contributed by atoms with Crippen molar-refractivity contribution >= 4 is 27.5 Å². The highest BCUT2D eigenvalue weighted by atomic mass is 79.9. The molecule has 1 aliphatic carbocycles. The second-order valence-corrected chi connectivity index (χ2v) is 6.06. The Balaban J connectivity index is 1.89. The molecule has 0 heterocycles. The molecular weight excluding hydrogens is 271 g/mol. The van der Waals surface area contributed by atoms with Gasteiger partial charge in [-0.1, -0.05) is 39.7 Å². The lowest BCUT2D eigenvalue weighted by Crippen LogP contribution is -2.02. The monoisotopic (exact) mass is 286 g/mol. The lowest BCUT2D eigenvalue weighted by molar-refractivity contribution is 0.696. The van der Waals surface area contributed by atoms with E-state index in [0.29, 0.717) is 4.83 Å². The fraction of sp³-hybridized carbons (Fsp3) is 0.538. The standard InChI is InChI=1S/C13H16BrCl/c1-9-2-3-10(8-13(9)15)4-7-12(14)11-5-6-11/h2-3,8,11-12H,4-7H2,1H3. The zero-order valence-corrected chi connectivity index (χ0v) is 11.3. The summed E-state index contributed by atoms with van der Waals surface area (Å²) in [4.78, 5) is 0.706. The van der Waals surface area contributed by atoms with E-state index in [1.807, 2.05) is 6.92 Å². The third-order valence-electron chi connectivity index (χ3n) is 3.08. The first-order valence-electron chi connectivity index (χ1n) is 5.56. The van der Waals surface area contributed by atoms with Crippen molar-refractivity contribution in [1.82, 2.24) is 0 Å². The Morgan fingerprint density at radius 1 is 1.47 bits per heavy atom. The lowest BCUT2D eigenvalue weighted by Gasteiger charge is -2.08. The number of hydrogen-bond donors (Lipinski definition) is 0.